The molecule has 5 heteroatoms. The lowest BCUT2D eigenvalue weighted by molar-refractivity contribution is 0.579. The van der Waals surface area contributed by atoms with Gasteiger partial charge >= 0.3 is 0 Å². The Morgan fingerprint density at radius 3 is 2.15 bits per heavy atom. The lowest BCUT2D eigenvalue weighted by atomic mass is 10.0. The Hall–Kier alpha value is -1.85. The third kappa shape index (κ3) is 3.64. The summed E-state index contributed by atoms with van der Waals surface area (Å²) < 4.78 is 29.0. The molecule has 1 saturated heterocycles. The lowest BCUT2D eigenvalue weighted by Crippen LogP contribution is -2.27. The molecule has 0 radical (unpaired) electrons. The van der Waals surface area contributed by atoms with Crippen molar-refractivity contribution in [1.29, 1.82) is 0 Å². The number of nitrogens with zero attached hydrogens (tertiary/aromatic N) is 1. The van der Waals surface area contributed by atoms with Crippen molar-refractivity contribution in [1.82, 2.24) is 4.72 Å². The van der Waals surface area contributed by atoms with Gasteiger partial charge in [0.15, 0.2) is 0 Å². The van der Waals surface area contributed by atoms with Crippen molar-refractivity contribution in [3.05, 3.63) is 58.1 Å². The number of rotatable bonds is 5. The summed E-state index contributed by atoms with van der Waals surface area (Å²) in [6.45, 7) is 10.1. The van der Waals surface area contributed by atoms with Crippen molar-refractivity contribution in [2.45, 2.75) is 52.0 Å². The molecule has 26 heavy (non-hydrogen) atoms. The predicted octanol–water partition coefficient (Wildman–Crippen LogP) is 4.00. The first-order valence-electron chi connectivity index (χ1n) is 9.21. The van der Waals surface area contributed by atoms with Gasteiger partial charge in [-0.2, -0.15) is 0 Å². The molecule has 1 N–H and O–H groups in total. The van der Waals surface area contributed by atoms with Crippen LogP contribution in [0.25, 0.3) is 0 Å². The molecular formula is C21H28N2O2S. The number of anilines is 1. The van der Waals surface area contributed by atoms with Crippen LogP contribution in [0.5, 0.6) is 0 Å². The summed E-state index contributed by atoms with van der Waals surface area (Å²) >= 11 is 0. The Labute approximate surface area is 157 Å². The van der Waals surface area contributed by atoms with Crippen LogP contribution in [0.2, 0.25) is 0 Å². The van der Waals surface area contributed by atoms with Crippen molar-refractivity contribution in [2.75, 3.05) is 18.0 Å². The minimum absolute atomic E-state index is 0.306. The highest BCUT2D eigenvalue weighted by Crippen LogP contribution is 2.28. The van der Waals surface area contributed by atoms with Gasteiger partial charge in [0.2, 0.25) is 10.0 Å². The smallest absolute Gasteiger partial charge is 0.241 e. The van der Waals surface area contributed by atoms with E-state index in [-0.39, 0.29) is 0 Å². The second-order valence-electron chi connectivity index (χ2n) is 7.24. The van der Waals surface area contributed by atoms with E-state index in [0.29, 0.717) is 11.4 Å². The monoisotopic (exact) mass is 372 g/mol. The van der Waals surface area contributed by atoms with Gasteiger partial charge < -0.3 is 4.90 Å². The normalized spacial score (nSPS) is 14.8. The molecule has 0 spiro atoms. The van der Waals surface area contributed by atoms with Gasteiger partial charge in [0.05, 0.1) is 4.90 Å². The van der Waals surface area contributed by atoms with Crippen LogP contribution in [-0.2, 0) is 16.6 Å². The quantitative estimate of drug-likeness (QED) is 0.863. The Balaban J connectivity index is 1.89. The van der Waals surface area contributed by atoms with Gasteiger partial charge in [0.25, 0.3) is 0 Å². The van der Waals surface area contributed by atoms with Gasteiger partial charge in [-0.15, -0.1) is 0 Å². The molecule has 4 nitrogen and oxygen atoms in total. The maximum Gasteiger partial charge on any atom is 0.241 e. The summed E-state index contributed by atoms with van der Waals surface area (Å²) in [5, 5.41) is 0. The molecule has 1 heterocycles. The fourth-order valence-corrected chi connectivity index (χ4v) is 5.37. The zero-order valence-electron chi connectivity index (χ0n) is 16.1. The van der Waals surface area contributed by atoms with Crippen molar-refractivity contribution in [2.24, 2.45) is 0 Å². The SMILES string of the molecule is Cc1cc(C)c(C)c(S(=O)(=O)NCc2ccccc2N2CCCC2)c1C. The summed E-state index contributed by atoms with van der Waals surface area (Å²) in [6.07, 6.45) is 2.39. The molecule has 0 atom stereocenters. The van der Waals surface area contributed by atoms with E-state index in [1.165, 1.54) is 12.8 Å². The third-order valence-corrected chi connectivity index (χ3v) is 7.13. The molecule has 1 aliphatic heterocycles. The van der Waals surface area contributed by atoms with Crippen molar-refractivity contribution in [3.63, 3.8) is 0 Å². The van der Waals surface area contributed by atoms with Crippen LogP contribution in [0, 0.1) is 27.7 Å². The zero-order chi connectivity index (χ0) is 18.9. The molecule has 0 amide bonds. The molecule has 0 unspecified atom stereocenters. The van der Waals surface area contributed by atoms with E-state index in [0.717, 1.165) is 46.6 Å². The second-order valence-corrected chi connectivity index (χ2v) is 8.94. The first kappa shape index (κ1) is 18.9. The number of benzene rings is 2. The number of aryl methyl sites for hydroxylation is 2. The Morgan fingerprint density at radius 2 is 1.54 bits per heavy atom. The summed E-state index contributed by atoms with van der Waals surface area (Å²) in [4.78, 5) is 2.77. The molecule has 3 rings (SSSR count). The van der Waals surface area contributed by atoms with Gasteiger partial charge in [0, 0.05) is 25.3 Å². The number of para-hydroxylation sites is 1. The topological polar surface area (TPSA) is 49.4 Å². The Morgan fingerprint density at radius 1 is 0.962 bits per heavy atom. The summed E-state index contributed by atoms with van der Waals surface area (Å²) in [5.74, 6) is 0. The van der Waals surface area contributed by atoms with E-state index in [2.05, 4.69) is 15.7 Å². The molecule has 1 aliphatic rings. The largest absolute Gasteiger partial charge is 0.371 e. The van der Waals surface area contributed by atoms with E-state index in [9.17, 15) is 8.42 Å². The lowest BCUT2D eigenvalue weighted by Gasteiger charge is -2.22. The summed E-state index contributed by atoms with van der Waals surface area (Å²) in [7, 11) is -3.57. The minimum Gasteiger partial charge on any atom is -0.371 e. The van der Waals surface area contributed by atoms with Crippen LogP contribution in [0.3, 0.4) is 0 Å². The number of sulfonamides is 1. The highest BCUT2D eigenvalue weighted by molar-refractivity contribution is 7.89. The van der Waals surface area contributed by atoms with Crippen molar-refractivity contribution < 1.29 is 8.42 Å². The Bertz CT molecular complexity index is 888. The fourth-order valence-electron chi connectivity index (χ4n) is 3.76. The van der Waals surface area contributed by atoms with E-state index >= 15 is 0 Å². The van der Waals surface area contributed by atoms with Crippen LogP contribution < -0.4 is 9.62 Å². The molecule has 2 aromatic carbocycles. The fraction of sp³-hybridized carbons (Fsp3) is 0.429. The van der Waals surface area contributed by atoms with Gasteiger partial charge in [-0.05, 0) is 74.4 Å². The highest BCUT2D eigenvalue weighted by atomic mass is 32.2. The molecule has 2 aromatic rings. The molecule has 140 valence electrons. The standard InChI is InChI=1S/C21H28N2O2S/c1-15-13-16(2)18(4)21(17(15)3)26(24,25)22-14-19-9-5-6-10-20(19)23-11-7-8-12-23/h5-6,9-10,13,22H,7-8,11-12,14H2,1-4H3. The van der Waals surface area contributed by atoms with E-state index in [1.54, 1.807) is 0 Å². The molecule has 0 saturated carbocycles. The zero-order valence-corrected chi connectivity index (χ0v) is 16.9. The predicted molar refractivity (Wildman–Crippen MR) is 107 cm³/mol. The molecule has 0 aliphatic carbocycles. The van der Waals surface area contributed by atoms with Crippen LogP contribution >= 0.6 is 0 Å². The van der Waals surface area contributed by atoms with Crippen molar-refractivity contribution >= 4 is 15.7 Å². The van der Waals surface area contributed by atoms with Gasteiger partial charge in [0.1, 0.15) is 0 Å². The highest BCUT2D eigenvalue weighted by Gasteiger charge is 2.23. The van der Waals surface area contributed by atoms with Crippen LogP contribution in [-0.4, -0.2) is 21.5 Å². The summed E-state index contributed by atoms with van der Waals surface area (Å²) in [6, 6.07) is 10.1. The van der Waals surface area contributed by atoms with Crippen LogP contribution in [0.4, 0.5) is 5.69 Å². The maximum absolute atomic E-state index is 13.1. The summed E-state index contributed by atoms with van der Waals surface area (Å²) in [5.41, 5.74) is 5.83. The second kappa shape index (κ2) is 7.41. The molecular weight excluding hydrogens is 344 g/mol. The molecule has 1 fully saturated rings. The van der Waals surface area contributed by atoms with Gasteiger partial charge in [-0.1, -0.05) is 24.3 Å². The average molecular weight is 373 g/mol. The Kier molecular flexibility index (Phi) is 5.39. The minimum atomic E-state index is -3.57. The van der Waals surface area contributed by atoms with Gasteiger partial charge in [-0.25, -0.2) is 13.1 Å². The average Bonchev–Trinajstić information content (AvgIpc) is 3.13. The van der Waals surface area contributed by atoms with Gasteiger partial charge in [-0.3, -0.25) is 0 Å². The maximum atomic E-state index is 13.1. The first-order valence-corrected chi connectivity index (χ1v) is 10.7. The number of hydrogen-bond donors (Lipinski definition) is 1. The van der Waals surface area contributed by atoms with E-state index in [1.807, 2.05) is 52.0 Å². The van der Waals surface area contributed by atoms with E-state index in [4.69, 9.17) is 0 Å². The first-order chi connectivity index (χ1) is 12.3. The number of hydrogen-bond acceptors (Lipinski definition) is 3. The van der Waals surface area contributed by atoms with E-state index < -0.39 is 10.0 Å². The molecule has 0 bridgehead atoms. The van der Waals surface area contributed by atoms with Crippen LogP contribution in [0.15, 0.2) is 35.2 Å². The number of nitrogens with one attached hydrogen (secondary N) is 1. The van der Waals surface area contributed by atoms with Crippen LogP contribution in [0.1, 0.15) is 40.7 Å². The third-order valence-electron chi connectivity index (χ3n) is 5.46. The van der Waals surface area contributed by atoms with Crippen molar-refractivity contribution in [3.8, 4) is 0 Å². The molecule has 0 aromatic heterocycles.